The highest BCUT2D eigenvalue weighted by Gasteiger charge is 2.57. The lowest BCUT2D eigenvalue weighted by Crippen LogP contribution is -2.33. The lowest BCUT2D eigenvalue weighted by molar-refractivity contribution is -0.137. The van der Waals surface area contributed by atoms with Gasteiger partial charge in [-0.25, -0.2) is 9.29 Å². The highest BCUT2D eigenvalue weighted by atomic mass is 32.2. The second-order valence-corrected chi connectivity index (χ2v) is 11.8. The molecule has 3 amide bonds. The van der Waals surface area contributed by atoms with E-state index in [0.717, 1.165) is 35.2 Å². The highest BCUT2D eigenvalue weighted by molar-refractivity contribution is 8.00. The van der Waals surface area contributed by atoms with E-state index in [-0.39, 0.29) is 0 Å². The number of nitrogens with one attached hydrogen (secondary N) is 1. The van der Waals surface area contributed by atoms with Crippen molar-refractivity contribution >= 4 is 52.2 Å². The first-order valence-corrected chi connectivity index (χ1v) is 14.3. The van der Waals surface area contributed by atoms with E-state index in [2.05, 4.69) is 5.32 Å². The summed E-state index contributed by atoms with van der Waals surface area (Å²) in [7, 11) is 0. The van der Waals surface area contributed by atoms with Crippen LogP contribution in [0.2, 0.25) is 0 Å². The topological polar surface area (TPSA) is 88.5 Å². The zero-order valence-electron chi connectivity index (χ0n) is 21.3. The third-order valence-electron chi connectivity index (χ3n) is 7.09. The first-order valence-electron chi connectivity index (χ1n) is 12.6. The summed E-state index contributed by atoms with van der Waals surface area (Å²) in [4.78, 5) is 54.2. The Morgan fingerprint density at radius 2 is 1.55 bits per heavy atom. The minimum absolute atomic E-state index is 0.293. The molecule has 3 aromatic carbocycles. The van der Waals surface area contributed by atoms with E-state index in [1.165, 1.54) is 41.0 Å². The van der Waals surface area contributed by atoms with E-state index in [1.54, 1.807) is 30.3 Å². The van der Waals surface area contributed by atoms with Gasteiger partial charge in [-0.1, -0.05) is 65.6 Å². The number of amides is 3. The summed E-state index contributed by atoms with van der Waals surface area (Å²) in [5, 5.41) is 1.74. The summed E-state index contributed by atoms with van der Waals surface area (Å²) < 4.78 is 56.1. The monoisotopic (exact) mass is 613 g/mol. The van der Waals surface area contributed by atoms with Crippen molar-refractivity contribution in [2.75, 3.05) is 10.2 Å². The number of rotatable bonds is 5. The number of hydrogen-bond acceptors (Lipinski definition) is 6. The van der Waals surface area contributed by atoms with Crippen LogP contribution in [0.25, 0.3) is 0 Å². The molecule has 1 aromatic heterocycles. The fraction of sp³-hybridized carbons (Fsp3) is 0.172. The molecule has 2 aliphatic rings. The Kier molecular flexibility index (Phi) is 7.01. The van der Waals surface area contributed by atoms with Crippen LogP contribution in [0, 0.1) is 11.7 Å². The summed E-state index contributed by atoms with van der Waals surface area (Å²) in [6.45, 7) is -0.434. The number of fused-ring (bicyclic) bond motifs is 2. The zero-order chi connectivity index (χ0) is 29.8. The molecule has 214 valence electrons. The van der Waals surface area contributed by atoms with Gasteiger partial charge in [0.15, 0.2) is 0 Å². The van der Waals surface area contributed by atoms with E-state index in [1.807, 2.05) is 0 Å². The van der Waals surface area contributed by atoms with Crippen molar-refractivity contribution in [1.82, 2.24) is 4.57 Å². The van der Waals surface area contributed by atoms with Gasteiger partial charge >= 0.3 is 11.0 Å². The Morgan fingerprint density at radius 1 is 0.881 bits per heavy atom. The second kappa shape index (κ2) is 10.6. The molecule has 2 unspecified atom stereocenters. The van der Waals surface area contributed by atoms with Gasteiger partial charge in [-0.3, -0.25) is 23.7 Å². The normalized spacial score (nSPS) is 19.9. The Morgan fingerprint density at radius 3 is 2.24 bits per heavy atom. The van der Waals surface area contributed by atoms with Crippen LogP contribution in [0.15, 0.2) is 88.7 Å². The molecule has 0 bridgehead atoms. The van der Waals surface area contributed by atoms with Gasteiger partial charge in [0.2, 0.25) is 17.7 Å². The van der Waals surface area contributed by atoms with Crippen LogP contribution < -0.4 is 15.1 Å². The van der Waals surface area contributed by atoms with E-state index < -0.39 is 69.5 Å². The Hall–Kier alpha value is -4.23. The molecule has 1 N–H and O–H groups in total. The van der Waals surface area contributed by atoms with Crippen LogP contribution in [0.1, 0.15) is 21.9 Å². The number of hydrogen-bond donors (Lipinski definition) is 1. The van der Waals surface area contributed by atoms with Gasteiger partial charge in [0.05, 0.1) is 22.2 Å². The number of alkyl halides is 3. The molecule has 42 heavy (non-hydrogen) atoms. The van der Waals surface area contributed by atoms with Gasteiger partial charge in [-0.05, 0) is 42.0 Å². The van der Waals surface area contributed by atoms with Crippen molar-refractivity contribution in [2.45, 2.75) is 28.9 Å². The number of para-hydroxylation sites is 1. The first-order chi connectivity index (χ1) is 20.0. The molecule has 7 nitrogen and oxygen atoms in total. The molecule has 0 aliphatic carbocycles. The Labute approximate surface area is 243 Å². The molecule has 2 aliphatic heterocycles. The van der Waals surface area contributed by atoms with Crippen LogP contribution in [-0.4, -0.2) is 27.5 Å². The third kappa shape index (κ3) is 4.81. The maximum absolute atomic E-state index is 13.9. The highest BCUT2D eigenvalue weighted by Crippen LogP contribution is 2.54. The average Bonchev–Trinajstić information content (AvgIpc) is 3.40. The minimum Gasteiger partial charge on any atom is -0.325 e. The molecule has 0 radical (unpaired) electrons. The Bertz CT molecular complexity index is 1770. The maximum atomic E-state index is 13.9. The van der Waals surface area contributed by atoms with Crippen molar-refractivity contribution in [1.29, 1.82) is 0 Å². The van der Waals surface area contributed by atoms with Crippen molar-refractivity contribution in [3.8, 4) is 0 Å². The molecule has 0 spiro atoms. The molecule has 1 saturated heterocycles. The molecule has 3 atom stereocenters. The molecule has 4 aromatic rings. The van der Waals surface area contributed by atoms with Crippen molar-refractivity contribution in [2.24, 2.45) is 5.92 Å². The molecular formula is C29H19F4N3O4S2. The number of anilines is 2. The predicted octanol–water partition coefficient (Wildman–Crippen LogP) is 5.50. The maximum Gasteiger partial charge on any atom is 0.418 e. The summed E-state index contributed by atoms with van der Waals surface area (Å²) in [5.41, 5.74) is -0.758. The number of carbonyl (C=O) groups is 3. The van der Waals surface area contributed by atoms with E-state index in [9.17, 15) is 36.7 Å². The summed E-state index contributed by atoms with van der Waals surface area (Å²) in [6, 6.07) is 18.1. The molecule has 0 saturated carbocycles. The SMILES string of the molecule is O=C(Cn1c2c(sc1=O)[C@H](c1ccccc1)C1C(=O)N(c3ccccc3C(F)(F)F)C(=O)C1S2)Nc1ccc(F)cc1. The number of aromatic nitrogens is 1. The van der Waals surface area contributed by atoms with Gasteiger partial charge in [-0.2, -0.15) is 13.2 Å². The lowest BCUT2D eigenvalue weighted by atomic mass is 9.83. The number of imide groups is 1. The van der Waals surface area contributed by atoms with Crippen molar-refractivity contribution < 1.29 is 31.9 Å². The quantitative estimate of drug-likeness (QED) is 0.237. The zero-order valence-corrected chi connectivity index (χ0v) is 22.9. The molecule has 6 rings (SSSR count). The molecule has 13 heteroatoms. The van der Waals surface area contributed by atoms with Crippen LogP contribution in [0.5, 0.6) is 0 Å². The van der Waals surface area contributed by atoms with Gasteiger partial charge < -0.3 is 5.32 Å². The molecule has 3 heterocycles. The van der Waals surface area contributed by atoms with Crippen LogP contribution in [0.3, 0.4) is 0 Å². The van der Waals surface area contributed by atoms with Gasteiger partial charge in [0, 0.05) is 16.5 Å². The fourth-order valence-corrected chi connectivity index (χ4v) is 8.07. The largest absolute Gasteiger partial charge is 0.418 e. The third-order valence-corrected chi connectivity index (χ3v) is 9.69. The molecular weight excluding hydrogens is 594 g/mol. The fourth-order valence-electron chi connectivity index (χ4n) is 5.30. The number of halogens is 4. The van der Waals surface area contributed by atoms with Crippen LogP contribution in [-0.2, 0) is 27.1 Å². The van der Waals surface area contributed by atoms with Gasteiger partial charge in [0.25, 0.3) is 0 Å². The first kappa shape index (κ1) is 27.9. The summed E-state index contributed by atoms with van der Waals surface area (Å²) in [6.07, 6.45) is -4.81. The number of carbonyl (C=O) groups excluding carboxylic acids is 3. The van der Waals surface area contributed by atoms with Crippen molar-refractivity contribution in [3.05, 3.63) is 110 Å². The van der Waals surface area contributed by atoms with Crippen molar-refractivity contribution in [3.63, 3.8) is 0 Å². The van der Waals surface area contributed by atoms with E-state index in [4.69, 9.17) is 0 Å². The summed E-state index contributed by atoms with van der Waals surface area (Å²) >= 11 is 1.72. The lowest BCUT2D eigenvalue weighted by Gasteiger charge is -2.30. The van der Waals surface area contributed by atoms with Crippen LogP contribution >= 0.6 is 23.1 Å². The van der Waals surface area contributed by atoms with Gasteiger partial charge in [0.1, 0.15) is 17.6 Å². The predicted molar refractivity (Wildman–Crippen MR) is 149 cm³/mol. The Balaban J connectivity index is 1.41. The number of thioether (sulfide) groups is 1. The van der Waals surface area contributed by atoms with E-state index in [0.29, 0.717) is 26.1 Å². The number of benzene rings is 3. The second-order valence-electron chi connectivity index (χ2n) is 9.66. The smallest absolute Gasteiger partial charge is 0.325 e. The number of thiazole rings is 1. The van der Waals surface area contributed by atoms with E-state index >= 15 is 0 Å². The van der Waals surface area contributed by atoms with Crippen LogP contribution in [0.4, 0.5) is 28.9 Å². The standard InChI is InChI=1S/C29H19F4N3O4S2/c30-16-10-12-17(13-11-16)34-20(37)14-35-27-24(42-28(35)40)21(15-6-2-1-3-7-15)22-23(41-27)26(39)36(25(22)38)19-9-5-4-8-18(19)29(31,32)33/h1-13,21-23H,14H2,(H,34,37)/t21-,22?,23?/m1/s1. The molecule has 1 fully saturated rings. The average molecular weight is 614 g/mol. The number of nitrogens with zero attached hydrogens (tertiary/aromatic N) is 2. The summed E-state index contributed by atoms with van der Waals surface area (Å²) in [5.74, 6) is -4.60. The minimum atomic E-state index is -4.81. The van der Waals surface area contributed by atoms with Gasteiger partial charge in [-0.15, -0.1) is 0 Å².